The number of nitrogens with two attached hydrogens (primary N) is 2. The van der Waals surface area contributed by atoms with Crippen molar-refractivity contribution in [1.29, 1.82) is 0 Å². The van der Waals surface area contributed by atoms with Crippen molar-refractivity contribution in [3.63, 3.8) is 0 Å². The summed E-state index contributed by atoms with van der Waals surface area (Å²) in [6.45, 7) is 3.78. The molecule has 0 saturated carbocycles. The number of carbonyl (C=O) groups excluding carboxylic acids is 4. The van der Waals surface area contributed by atoms with E-state index in [0.717, 1.165) is 10.9 Å². The van der Waals surface area contributed by atoms with Crippen LogP contribution in [0.2, 0.25) is 0 Å². The van der Waals surface area contributed by atoms with Gasteiger partial charge in [0.1, 0.15) is 18.1 Å². The third-order valence-corrected chi connectivity index (χ3v) is 6.27. The number of para-hydroxylation sites is 1. The van der Waals surface area contributed by atoms with E-state index >= 15 is 0 Å². The van der Waals surface area contributed by atoms with Gasteiger partial charge in [0.15, 0.2) is 0 Å². The molecular weight excluding hydrogens is 512 g/mol. The maximum absolute atomic E-state index is 13.0. The Morgan fingerprint density at radius 1 is 0.974 bits per heavy atom. The summed E-state index contributed by atoms with van der Waals surface area (Å²) >= 11 is 4.13. The van der Waals surface area contributed by atoms with Crippen LogP contribution in [-0.4, -0.2) is 69.6 Å². The fourth-order valence-corrected chi connectivity index (χ4v) is 4.17. The van der Waals surface area contributed by atoms with Crippen molar-refractivity contribution in [2.75, 3.05) is 5.75 Å². The molecular formula is C25H36N6O6S. The first-order chi connectivity index (χ1) is 17.9. The number of thiol groups is 1. The van der Waals surface area contributed by atoms with E-state index < -0.39 is 53.8 Å². The number of nitrogens with one attached hydrogen (secondary N) is 4. The molecule has 4 atom stereocenters. The predicted molar refractivity (Wildman–Crippen MR) is 145 cm³/mol. The number of aromatic amines is 1. The van der Waals surface area contributed by atoms with Gasteiger partial charge in [0.2, 0.25) is 23.6 Å². The third-order valence-electron chi connectivity index (χ3n) is 5.90. The summed E-state index contributed by atoms with van der Waals surface area (Å²) in [5.41, 5.74) is 12.6. The molecule has 2 aromatic rings. The van der Waals surface area contributed by atoms with Crippen molar-refractivity contribution in [2.24, 2.45) is 17.4 Å². The Labute approximate surface area is 226 Å². The Morgan fingerprint density at radius 2 is 1.58 bits per heavy atom. The molecule has 0 aliphatic heterocycles. The van der Waals surface area contributed by atoms with E-state index in [0.29, 0.717) is 12.0 Å². The summed E-state index contributed by atoms with van der Waals surface area (Å²) in [7, 11) is 0. The highest BCUT2D eigenvalue weighted by molar-refractivity contribution is 7.80. The predicted octanol–water partition coefficient (Wildman–Crippen LogP) is -0.182. The van der Waals surface area contributed by atoms with E-state index in [1.807, 2.05) is 38.1 Å². The molecule has 0 radical (unpaired) electrons. The molecule has 0 fully saturated rings. The van der Waals surface area contributed by atoms with Crippen LogP contribution in [0.1, 0.15) is 38.7 Å². The topological polar surface area (TPSA) is 209 Å². The van der Waals surface area contributed by atoms with Crippen molar-refractivity contribution in [2.45, 2.75) is 63.7 Å². The normalized spacial score (nSPS) is 14.3. The standard InChI is InChI=1S/C25H36N6O6S/c1-13(2)9-16(26)22(33)29-18(7-8-21(27)32)23(34)31-20(12-38)24(35)30-19(25(36)37)10-14-11-28-17-6-4-3-5-15(14)17/h3-6,11,13,16,18-20,28,38H,7-10,12,26H2,1-2H3,(H2,27,32)(H,29,33)(H,30,35)(H,31,34)(H,36,37). The highest BCUT2D eigenvalue weighted by Gasteiger charge is 2.30. The van der Waals surface area contributed by atoms with Crippen LogP contribution in [-0.2, 0) is 30.4 Å². The summed E-state index contributed by atoms with van der Waals surface area (Å²) in [5, 5.41) is 18.0. The van der Waals surface area contributed by atoms with E-state index in [-0.39, 0.29) is 30.9 Å². The summed E-state index contributed by atoms with van der Waals surface area (Å²) in [6, 6.07) is 2.80. The number of hydrogen-bond donors (Lipinski definition) is 8. The van der Waals surface area contributed by atoms with Gasteiger partial charge in [-0.2, -0.15) is 12.6 Å². The van der Waals surface area contributed by atoms with Crippen LogP contribution < -0.4 is 27.4 Å². The molecule has 13 heteroatoms. The molecule has 208 valence electrons. The molecule has 0 saturated heterocycles. The number of aliphatic carboxylic acids is 1. The van der Waals surface area contributed by atoms with Gasteiger partial charge >= 0.3 is 5.97 Å². The maximum atomic E-state index is 13.0. The number of carboxylic acid groups (broad SMARTS) is 1. The van der Waals surface area contributed by atoms with Crippen LogP contribution in [0.4, 0.5) is 0 Å². The molecule has 4 amide bonds. The van der Waals surface area contributed by atoms with Crippen LogP contribution in [0.3, 0.4) is 0 Å². The Balaban J connectivity index is 2.10. The number of fused-ring (bicyclic) bond motifs is 1. The monoisotopic (exact) mass is 548 g/mol. The minimum Gasteiger partial charge on any atom is -0.480 e. The van der Waals surface area contributed by atoms with E-state index in [1.54, 1.807) is 6.20 Å². The minimum atomic E-state index is -1.28. The van der Waals surface area contributed by atoms with Crippen LogP contribution in [0.15, 0.2) is 30.5 Å². The second-order valence-electron chi connectivity index (χ2n) is 9.51. The fourth-order valence-electron chi connectivity index (χ4n) is 3.91. The molecule has 0 aliphatic carbocycles. The average molecular weight is 549 g/mol. The lowest BCUT2D eigenvalue weighted by Gasteiger charge is -2.24. The molecule has 1 heterocycles. The van der Waals surface area contributed by atoms with Crippen LogP contribution >= 0.6 is 12.6 Å². The van der Waals surface area contributed by atoms with Crippen molar-refractivity contribution in [3.05, 3.63) is 36.0 Å². The zero-order chi connectivity index (χ0) is 28.4. The zero-order valence-electron chi connectivity index (χ0n) is 21.4. The van der Waals surface area contributed by atoms with E-state index in [2.05, 4.69) is 33.6 Å². The zero-order valence-corrected chi connectivity index (χ0v) is 22.3. The molecule has 9 N–H and O–H groups in total. The number of rotatable bonds is 15. The number of H-pyrrole nitrogens is 1. The summed E-state index contributed by atoms with van der Waals surface area (Å²) in [5.74, 6) is -4.05. The van der Waals surface area contributed by atoms with Gasteiger partial charge in [-0.05, 0) is 30.4 Å². The third kappa shape index (κ3) is 9.06. The SMILES string of the molecule is CC(C)CC(N)C(=O)NC(CCC(N)=O)C(=O)NC(CS)C(=O)NC(Cc1c[nH]c2ccccc12)C(=O)O. The summed E-state index contributed by atoms with van der Waals surface area (Å²) in [6.07, 6.45) is 1.76. The first kappa shape index (κ1) is 30.6. The van der Waals surface area contributed by atoms with Gasteiger partial charge in [-0.1, -0.05) is 32.0 Å². The summed E-state index contributed by atoms with van der Waals surface area (Å²) in [4.78, 5) is 64.7. The lowest BCUT2D eigenvalue weighted by atomic mass is 10.0. The molecule has 0 aliphatic rings. The number of amides is 4. The van der Waals surface area contributed by atoms with Crippen molar-refractivity contribution >= 4 is 53.1 Å². The highest BCUT2D eigenvalue weighted by Crippen LogP contribution is 2.19. The minimum absolute atomic E-state index is 0.00333. The average Bonchev–Trinajstić information content (AvgIpc) is 3.26. The van der Waals surface area contributed by atoms with Gasteiger partial charge < -0.3 is 37.5 Å². The fraction of sp³-hybridized carbons (Fsp3) is 0.480. The number of carbonyl (C=O) groups is 5. The Morgan fingerprint density at radius 3 is 2.18 bits per heavy atom. The number of benzene rings is 1. The lowest BCUT2D eigenvalue weighted by molar-refractivity contribution is -0.142. The van der Waals surface area contributed by atoms with E-state index in [9.17, 15) is 29.1 Å². The van der Waals surface area contributed by atoms with Gasteiger partial charge in [-0.3, -0.25) is 19.2 Å². The molecule has 1 aromatic heterocycles. The van der Waals surface area contributed by atoms with Gasteiger partial charge in [0.05, 0.1) is 6.04 Å². The lowest BCUT2D eigenvalue weighted by Crippen LogP contribution is -2.58. The quantitative estimate of drug-likeness (QED) is 0.141. The van der Waals surface area contributed by atoms with Gasteiger partial charge in [0, 0.05) is 35.7 Å². The molecule has 1 aromatic carbocycles. The first-order valence-corrected chi connectivity index (χ1v) is 12.9. The van der Waals surface area contributed by atoms with Crippen molar-refractivity contribution in [1.82, 2.24) is 20.9 Å². The van der Waals surface area contributed by atoms with Crippen molar-refractivity contribution < 1.29 is 29.1 Å². The molecule has 0 spiro atoms. The smallest absolute Gasteiger partial charge is 0.326 e. The molecule has 0 bridgehead atoms. The second kappa shape index (κ2) is 14.4. The Kier molecular flexibility index (Phi) is 11.6. The number of aromatic nitrogens is 1. The Bertz CT molecular complexity index is 1150. The first-order valence-electron chi connectivity index (χ1n) is 12.3. The number of carboxylic acids is 1. The number of hydrogen-bond acceptors (Lipinski definition) is 7. The van der Waals surface area contributed by atoms with Gasteiger partial charge in [-0.15, -0.1) is 0 Å². The Hall–Kier alpha value is -3.58. The molecule has 2 rings (SSSR count). The molecule has 38 heavy (non-hydrogen) atoms. The highest BCUT2D eigenvalue weighted by atomic mass is 32.1. The summed E-state index contributed by atoms with van der Waals surface area (Å²) < 4.78 is 0. The largest absolute Gasteiger partial charge is 0.480 e. The maximum Gasteiger partial charge on any atom is 0.326 e. The molecule has 12 nitrogen and oxygen atoms in total. The second-order valence-corrected chi connectivity index (χ2v) is 9.87. The number of primary amides is 1. The molecule has 4 unspecified atom stereocenters. The van der Waals surface area contributed by atoms with Crippen LogP contribution in [0.5, 0.6) is 0 Å². The van der Waals surface area contributed by atoms with Gasteiger partial charge in [-0.25, -0.2) is 4.79 Å². The van der Waals surface area contributed by atoms with E-state index in [1.165, 1.54) is 0 Å². The van der Waals surface area contributed by atoms with Crippen LogP contribution in [0, 0.1) is 5.92 Å². The van der Waals surface area contributed by atoms with Crippen LogP contribution in [0.25, 0.3) is 10.9 Å². The van der Waals surface area contributed by atoms with Gasteiger partial charge in [0.25, 0.3) is 0 Å². The van der Waals surface area contributed by atoms with Crippen molar-refractivity contribution in [3.8, 4) is 0 Å². The van der Waals surface area contributed by atoms with E-state index in [4.69, 9.17) is 11.5 Å².